The zero-order chi connectivity index (χ0) is 17.8. The molecule has 0 saturated carbocycles. The summed E-state index contributed by atoms with van der Waals surface area (Å²) < 4.78 is 7.70. The Morgan fingerprint density at radius 1 is 0.962 bits per heavy atom. The molecule has 0 aliphatic carbocycles. The molecule has 4 nitrogen and oxygen atoms in total. The molecule has 26 heavy (non-hydrogen) atoms. The zero-order valence-electron chi connectivity index (χ0n) is 14.1. The van der Waals surface area contributed by atoms with E-state index in [0.29, 0.717) is 5.58 Å². The molecule has 0 saturated heterocycles. The second kappa shape index (κ2) is 5.23. The number of hydrogen-bond acceptors (Lipinski definition) is 2. The SMILES string of the molecule is Cn1ccc2cc(-c3cc4cc(C(=O)O)oc4c4ccccc34)ccc21. The molecule has 5 aromatic rings. The van der Waals surface area contributed by atoms with E-state index in [1.165, 1.54) is 10.9 Å². The van der Waals surface area contributed by atoms with Crippen LogP contribution in [-0.4, -0.2) is 15.6 Å². The number of carbonyl (C=O) groups is 1. The molecule has 0 radical (unpaired) electrons. The molecule has 0 aliphatic rings. The quantitative estimate of drug-likeness (QED) is 0.465. The third kappa shape index (κ3) is 2.05. The summed E-state index contributed by atoms with van der Waals surface area (Å²) in [5.41, 5.74) is 3.95. The normalized spacial score (nSPS) is 11.6. The molecule has 0 fully saturated rings. The topological polar surface area (TPSA) is 55.4 Å². The summed E-state index contributed by atoms with van der Waals surface area (Å²) in [6.45, 7) is 0. The first-order chi connectivity index (χ1) is 12.6. The van der Waals surface area contributed by atoms with Gasteiger partial charge in [-0.3, -0.25) is 0 Å². The molecule has 0 bridgehead atoms. The predicted octanol–water partition coefficient (Wildman–Crippen LogP) is 5.44. The summed E-state index contributed by atoms with van der Waals surface area (Å²) in [5.74, 6) is -1.10. The first-order valence-electron chi connectivity index (χ1n) is 8.36. The highest BCUT2D eigenvalue weighted by Gasteiger charge is 2.16. The van der Waals surface area contributed by atoms with Crippen LogP contribution >= 0.6 is 0 Å². The summed E-state index contributed by atoms with van der Waals surface area (Å²) >= 11 is 0. The number of aryl methyl sites for hydroxylation is 1. The van der Waals surface area contributed by atoms with Crippen LogP contribution < -0.4 is 0 Å². The summed E-state index contributed by atoms with van der Waals surface area (Å²) in [4.78, 5) is 11.3. The molecular weight excluding hydrogens is 326 g/mol. The van der Waals surface area contributed by atoms with Gasteiger partial charge in [-0.25, -0.2) is 4.79 Å². The van der Waals surface area contributed by atoms with Crippen molar-refractivity contribution < 1.29 is 14.3 Å². The van der Waals surface area contributed by atoms with Crippen LogP contribution in [0.5, 0.6) is 0 Å². The Hall–Kier alpha value is -3.53. The lowest BCUT2D eigenvalue weighted by Gasteiger charge is -2.09. The molecule has 0 spiro atoms. The number of aromatic nitrogens is 1. The molecular formula is C22H15NO3. The van der Waals surface area contributed by atoms with Crippen molar-refractivity contribution in [1.29, 1.82) is 0 Å². The van der Waals surface area contributed by atoms with Crippen molar-refractivity contribution >= 4 is 38.6 Å². The molecule has 3 aromatic carbocycles. The van der Waals surface area contributed by atoms with Gasteiger partial charge in [0.1, 0.15) is 5.58 Å². The summed E-state index contributed by atoms with van der Waals surface area (Å²) in [6, 6.07) is 20.0. The third-order valence-electron chi connectivity index (χ3n) is 4.93. The zero-order valence-corrected chi connectivity index (χ0v) is 14.1. The van der Waals surface area contributed by atoms with Crippen molar-refractivity contribution in [3.8, 4) is 11.1 Å². The smallest absolute Gasteiger partial charge is 0.371 e. The average Bonchev–Trinajstić information content (AvgIpc) is 3.25. The Labute approximate surface area is 148 Å². The van der Waals surface area contributed by atoms with Crippen LogP contribution in [0.3, 0.4) is 0 Å². The van der Waals surface area contributed by atoms with Crippen LogP contribution in [0.2, 0.25) is 0 Å². The lowest BCUT2D eigenvalue weighted by atomic mass is 9.95. The molecule has 5 rings (SSSR count). The van der Waals surface area contributed by atoms with E-state index >= 15 is 0 Å². The van der Waals surface area contributed by atoms with Crippen LogP contribution in [0.4, 0.5) is 0 Å². The predicted molar refractivity (Wildman–Crippen MR) is 103 cm³/mol. The van der Waals surface area contributed by atoms with Gasteiger partial charge in [0.05, 0.1) is 0 Å². The fourth-order valence-corrected chi connectivity index (χ4v) is 3.67. The third-order valence-corrected chi connectivity index (χ3v) is 4.93. The number of hydrogen-bond donors (Lipinski definition) is 1. The highest BCUT2D eigenvalue weighted by atomic mass is 16.4. The number of benzene rings is 3. The highest BCUT2D eigenvalue weighted by Crippen LogP contribution is 2.37. The number of furan rings is 1. The van der Waals surface area contributed by atoms with Crippen LogP contribution in [-0.2, 0) is 7.05 Å². The molecule has 1 N–H and O–H groups in total. The van der Waals surface area contributed by atoms with Gasteiger partial charge in [-0.1, -0.05) is 30.3 Å². The van der Waals surface area contributed by atoms with Crippen LogP contribution in [0.15, 0.2) is 71.3 Å². The van der Waals surface area contributed by atoms with Gasteiger partial charge in [0.15, 0.2) is 0 Å². The minimum Gasteiger partial charge on any atom is -0.475 e. The molecule has 126 valence electrons. The maximum atomic E-state index is 11.3. The largest absolute Gasteiger partial charge is 0.475 e. The van der Waals surface area contributed by atoms with Crippen LogP contribution in [0.25, 0.3) is 43.8 Å². The summed E-state index contributed by atoms with van der Waals surface area (Å²) in [7, 11) is 2.03. The van der Waals surface area contributed by atoms with E-state index in [2.05, 4.69) is 28.8 Å². The Morgan fingerprint density at radius 3 is 2.58 bits per heavy atom. The number of rotatable bonds is 2. The van der Waals surface area contributed by atoms with Crippen molar-refractivity contribution in [2.45, 2.75) is 0 Å². The summed E-state index contributed by atoms with van der Waals surface area (Å²) in [5, 5.41) is 13.2. The molecule has 0 atom stereocenters. The molecule has 0 unspecified atom stereocenters. The van der Waals surface area contributed by atoms with Crippen molar-refractivity contribution in [1.82, 2.24) is 4.57 Å². The average molecular weight is 341 g/mol. The van der Waals surface area contributed by atoms with Crippen molar-refractivity contribution in [2.24, 2.45) is 7.05 Å². The fourth-order valence-electron chi connectivity index (χ4n) is 3.67. The van der Waals surface area contributed by atoms with Gasteiger partial charge >= 0.3 is 5.97 Å². The highest BCUT2D eigenvalue weighted by molar-refractivity contribution is 6.13. The van der Waals surface area contributed by atoms with Gasteiger partial charge in [0, 0.05) is 34.9 Å². The monoisotopic (exact) mass is 341 g/mol. The molecule has 0 amide bonds. The van der Waals surface area contributed by atoms with E-state index in [-0.39, 0.29) is 5.76 Å². The molecule has 2 heterocycles. The standard InChI is InChI=1S/C22H15NO3/c1-23-9-8-14-10-13(6-7-19(14)23)18-11-15-12-20(22(24)25)26-21(15)17-5-3-2-4-16(17)18/h2-12H,1H3,(H,24,25). The molecule has 4 heteroatoms. The van der Waals surface area contributed by atoms with Gasteiger partial charge in [-0.2, -0.15) is 0 Å². The fraction of sp³-hybridized carbons (Fsp3) is 0.0455. The van der Waals surface area contributed by atoms with E-state index < -0.39 is 5.97 Å². The van der Waals surface area contributed by atoms with E-state index in [1.807, 2.05) is 43.6 Å². The first kappa shape index (κ1) is 14.8. The lowest BCUT2D eigenvalue weighted by Crippen LogP contribution is -1.91. The number of nitrogens with zero attached hydrogens (tertiary/aromatic N) is 1. The Bertz CT molecular complexity index is 1320. The van der Waals surface area contributed by atoms with Gasteiger partial charge in [0.25, 0.3) is 0 Å². The second-order valence-electron chi connectivity index (χ2n) is 6.50. The number of fused-ring (bicyclic) bond motifs is 4. The van der Waals surface area contributed by atoms with Crippen LogP contribution in [0, 0.1) is 0 Å². The molecule has 2 aromatic heterocycles. The summed E-state index contributed by atoms with van der Waals surface area (Å²) in [6.07, 6.45) is 2.05. The Kier molecular flexibility index (Phi) is 2.97. The minimum atomic E-state index is -1.06. The second-order valence-corrected chi connectivity index (χ2v) is 6.50. The Balaban J connectivity index is 1.86. The van der Waals surface area contributed by atoms with Gasteiger partial charge < -0.3 is 14.1 Å². The van der Waals surface area contributed by atoms with E-state index in [9.17, 15) is 9.90 Å². The number of carboxylic acid groups (broad SMARTS) is 1. The van der Waals surface area contributed by atoms with Gasteiger partial charge in [-0.15, -0.1) is 0 Å². The van der Waals surface area contributed by atoms with Crippen molar-refractivity contribution in [2.75, 3.05) is 0 Å². The van der Waals surface area contributed by atoms with Gasteiger partial charge in [0.2, 0.25) is 5.76 Å². The lowest BCUT2D eigenvalue weighted by molar-refractivity contribution is 0.0665. The number of aromatic carboxylic acids is 1. The van der Waals surface area contributed by atoms with E-state index in [4.69, 9.17) is 4.42 Å². The van der Waals surface area contributed by atoms with Crippen molar-refractivity contribution in [3.05, 3.63) is 72.6 Å². The van der Waals surface area contributed by atoms with E-state index in [0.717, 1.165) is 27.3 Å². The number of carboxylic acids is 1. The Morgan fingerprint density at radius 2 is 1.77 bits per heavy atom. The van der Waals surface area contributed by atoms with Crippen molar-refractivity contribution in [3.63, 3.8) is 0 Å². The van der Waals surface area contributed by atoms with Gasteiger partial charge in [-0.05, 0) is 46.8 Å². The van der Waals surface area contributed by atoms with E-state index in [1.54, 1.807) is 6.07 Å². The minimum absolute atomic E-state index is 0.0409. The first-order valence-corrected chi connectivity index (χ1v) is 8.36. The maximum absolute atomic E-state index is 11.3. The molecule has 0 aliphatic heterocycles. The van der Waals surface area contributed by atoms with Crippen LogP contribution in [0.1, 0.15) is 10.6 Å². The maximum Gasteiger partial charge on any atom is 0.371 e.